The summed E-state index contributed by atoms with van der Waals surface area (Å²) in [5.41, 5.74) is 5.57. The van der Waals surface area contributed by atoms with Crippen LogP contribution >= 0.6 is 12.2 Å². The number of hydrogen-bond donors (Lipinski definition) is 1. The standard InChI is InChI=1S/C15H19F2NOS/c1-2-9-5-3-4-6-13(9)19-14-11(16)7-10(15(18)20)8-12(14)17/h7-9,13H,2-6H2,1H3,(H2,18,20). The van der Waals surface area contributed by atoms with E-state index in [1.165, 1.54) is 0 Å². The van der Waals surface area contributed by atoms with Crippen LogP contribution in [0.4, 0.5) is 8.78 Å². The fourth-order valence-electron chi connectivity index (χ4n) is 2.76. The van der Waals surface area contributed by atoms with Crippen LogP contribution in [0.5, 0.6) is 5.75 Å². The van der Waals surface area contributed by atoms with Crippen molar-refractivity contribution in [2.45, 2.75) is 45.1 Å². The van der Waals surface area contributed by atoms with Gasteiger partial charge in [-0.15, -0.1) is 0 Å². The molecule has 2 N–H and O–H groups in total. The van der Waals surface area contributed by atoms with Crippen LogP contribution in [-0.4, -0.2) is 11.1 Å². The van der Waals surface area contributed by atoms with Gasteiger partial charge in [0.2, 0.25) is 0 Å². The van der Waals surface area contributed by atoms with Crippen molar-refractivity contribution in [2.75, 3.05) is 0 Å². The summed E-state index contributed by atoms with van der Waals surface area (Å²) in [6.45, 7) is 2.08. The van der Waals surface area contributed by atoms with Gasteiger partial charge >= 0.3 is 0 Å². The van der Waals surface area contributed by atoms with Crippen molar-refractivity contribution in [2.24, 2.45) is 11.7 Å². The number of hydrogen-bond acceptors (Lipinski definition) is 2. The number of benzene rings is 1. The zero-order valence-electron chi connectivity index (χ0n) is 11.5. The Kier molecular flexibility index (Phi) is 4.91. The van der Waals surface area contributed by atoms with Crippen molar-refractivity contribution < 1.29 is 13.5 Å². The Hall–Kier alpha value is -1.23. The molecule has 0 aliphatic heterocycles. The first-order chi connectivity index (χ1) is 9.52. The third-order valence-electron chi connectivity index (χ3n) is 3.92. The Morgan fingerprint density at radius 1 is 1.30 bits per heavy atom. The third kappa shape index (κ3) is 3.26. The normalized spacial score (nSPS) is 22.6. The summed E-state index contributed by atoms with van der Waals surface area (Å²) < 4.78 is 33.6. The molecule has 2 unspecified atom stereocenters. The molecular weight excluding hydrogens is 280 g/mol. The van der Waals surface area contributed by atoms with Gasteiger partial charge in [0, 0.05) is 5.56 Å². The van der Waals surface area contributed by atoms with Gasteiger partial charge in [-0.1, -0.05) is 25.6 Å². The Labute approximate surface area is 123 Å². The van der Waals surface area contributed by atoms with Gasteiger partial charge in [0.05, 0.1) is 0 Å². The summed E-state index contributed by atoms with van der Waals surface area (Å²) in [5, 5.41) is 0. The number of ether oxygens (including phenoxy) is 1. The summed E-state index contributed by atoms with van der Waals surface area (Å²) in [6, 6.07) is 2.26. The highest BCUT2D eigenvalue weighted by molar-refractivity contribution is 7.80. The fraction of sp³-hybridized carbons (Fsp3) is 0.533. The lowest BCUT2D eigenvalue weighted by atomic mass is 9.85. The second-order valence-corrected chi connectivity index (χ2v) is 5.68. The van der Waals surface area contributed by atoms with E-state index in [-0.39, 0.29) is 22.4 Å². The molecule has 0 spiro atoms. The molecule has 2 rings (SSSR count). The summed E-state index contributed by atoms with van der Waals surface area (Å²) in [4.78, 5) is -0.0292. The molecule has 0 saturated heterocycles. The second-order valence-electron chi connectivity index (χ2n) is 5.24. The fourth-order valence-corrected chi connectivity index (χ4v) is 2.88. The maximum absolute atomic E-state index is 14.0. The second kappa shape index (κ2) is 6.48. The van der Waals surface area contributed by atoms with Crippen molar-refractivity contribution in [3.63, 3.8) is 0 Å². The van der Waals surface area contributed by atoms with E-state index in [2.05, 4.69) is 6.92 Å². The maximum Gasteiger partial charge on any atom is 0.191 e. The van der Waals surface area contributed by atoms with Crippen LogP contribution in [0.2, 0.25) is 0 Å². The minimum atomic E-state index is -0.742. The first-order valence-electron chi connectivity index (χ1n) is 6.98. The lowest BCUT2D eigenvalue weighted by Crippen LogP contribution is -2.30. The maximum atomic E-state index is 14.0. The van der Waals surface area contributed by atoms with E-state index in [1.54, 1.807) is 0 Å². The minimum Gasteiger partial charge on any atom is -0.484 e. The average molecular weight is 299 g/mol. The van der Waals surface area contributed by atoms with E-state index in [9.17, 15) is 8.78 Å². The van der Waals surface area contributed by atoms with Gasteiger partial charge in [0.1, 0.15) is 11.1 Å². The molecule has 1 aliphatic carbocycles. The zero-order valence-corrected chi connectivity index (χ0v) is 12.3. The highest BCUT2D eigenvalue weighted by Gasteiger charge is 2.27. The van der Waals surface area contributed by atoms with E-state index in [0.717, 1.165) is 44.2 Å². The van der Waals surface area contributed by atoms with Crippen molar-refractivity contribution in [3.05, 3.63) is 29.3 Å². The van der Waals surface area contributed by atoms with E-state index in [4.69, 9.17) is 22.7 Å². The predicted molar refractivity (Wildman–Crippen MR) is 78.9 cm³/mol. The number of thiocarbonyl (C=S) groups is 1. The van der Waals surface area contributed by atoms with Crippen LogP contribution in [0, 0.1) is 17.6 Å². The third-order valence-corrected chi connectivity index (χ3v) is 4.15. The number of nitrogens with two attached hydrogens (primary N) is 1. The molecule has 0 radical (unpaired) electrons. The molecule has 1 aliphatic rings. The van der Waals surface area contributed by atoms with Gasteiger partial charge in [-0.3, -0.25) is 0 Å². The zero-order chi connectivity index (χ0) is 14.7. The van der Waals surface area contributed by atoms with Crippen molar-refractivity contribution in [3.8, 4) is 5.75 Å². The summed E-state index contributed by atoms with van der Waals surface area (Å²) in [7, 11) is 0. The van der Waals surface area contributed by atoms with E-state index < -0.39 is 11.6 Å². The lowest BCUT2D eigenvalue weighted by molar-refractivity contribution is 0.0819. The molecule has 1 fully saturated rings. The molecular formula is C15H19F2NOS. The van der Waals surface area contributed by atoms with Gasteiger partial charge in [-0.05, 0) is 43.7 Å². The molecule has 2 atom stereocenters. The highest BCUT2D eigenvalue weighted by atomic mass is 32.1. The molecule has 110 valence electrons. The molecule has 1 aromatic carbocycles. The summed E-state index contributed by atoms with van der Waals surface area (Å²) in [6.07, 6.45) is 4.93. The van der Waals surface area contributed by atoms with E-state index in [1.807, 2.05) is 0 Å². The van der Waals surface area contributed by atoms with Gasteiger partial charge in [0.15, 0.2) is 17.4 Å². The SMILES string of the molecule is CCC1CCCCC1Oc1c(F)cc(C(N)=S)cc1F. The van der Waals surface area contributed by atoms with Crippen molar-refractivity contribution in [1.29, 1.82) is 0 Å². The molecule has 0 amide bonds. The van der Waals surface area contributed by atoms with Crippen LogP contribution in [-0.2, 0) is 0 Å². The predicted octanol–water partition coefficient (Wildman–Crippen LogP) is 3.95. The Bertz CT molecular complexity index is 484. The van der Waals surface area contributed by atoms with Crippen LogP contribution in [0.25, 0.3) is 0 Å². The van der Waals surface area contributed by atoms with E-state index >= 15 is 0 Å². The van der Waals surface area contributed by atoms with Gasteiger partial charge in [-0.2, -0.15) is 0 Å². The molecule has 5 heteroatoms. The summed E-state index contributed by atoms with van der Waals surface area (Å²) >= 11 is 4.73. The monoisotopic (exact) mass is 299 g/mol. The average Bonchev–Trinajstić information content (AvgIpc) is 2.42. The quantitative estimate of drug-likeness (QED) is 0.855. The molecule has 1 aromatic rings. The smallest absolute Gasteiger partial charge is 0.191 e. The number of rotatable bonds is 4. The Morgan fingerprint density at radius 2 is 1.90 bits per heavy atom. The van der Waals surface area contributed by atoms with Gasteiger partial charge in [0.25, 0.3) is 0 Å². The van der Waals surface area contributed by atoms with E-state index in [0.29, 0.717) is 5.92 Å². The molecule has 20 heavy (non-hydrogen) atoms. The first-order valence-corrected chi connectivity index (χ1v) is 7.39. The molecule has 0 heterocycles. The highest BCUT2D eigenvalue weighted by Crippen LogP contribution is 2.33. The Morgan fingerprint density at radius 3 is 2.45 bits per heavy atom. The molecule has 1 saturated carbocycles. The topological polar surface area (TPSA) is 35.2 Å². The minimum absolute atomic E-state index is 0.0292. The molecule has 0 aromatic heterocycles. The lowest BCUT2D eigenvalue weighted by Gasteiger charge is -2.31. The van der Waals surface area contributed by atoms with Gasteiger partial charge in [-0.25, -0.2) is 8.78 Å². The van der Waals surface area contributed by atoms with Crippen LogP contribution in [0.1, 0.15) is 44.6 Å². The van der Waals surface area contributed by atoms with Crippen LogP contribution < -0.4 is 10.5 Å². The first kappa shape index (κ1) is 15.2. The van der Waals surface area contributed by atoms with Crippen LogP contribution in [0.15, 0.2) is 12.1 Å². The Balaban J connectivity index is 2.22. The van der Waals surface area contributed by atoms with Crippen molar-refractivity contribution in [1.82, 2.24) is 0 Å². The molecule has 2 nitrogen and oxygen atoms in total. The summed E-state index contributed by atoms with van der Waals surface area (Å²) in [5.74, 6) is -1.44. The molecule has 0 bridgehead atoms. The van der Waals surface area contributed by atoms with Crippen LogP contribution in [0.3, 0.4) is 0 Å². The van der Waals surface area contributed by atoms with Gasteiger partial charge < -0.3 is 10.5 Å². The van der Waals surface area contributed by atoms with Crippen molar-refractivity contribution >= 4 is 17.2 Å². The largest absolute Gasteiger partial charge is 0.484 e. The number of halogens is 2.